The van der Waals surface area contributed by atoms with Gasteiger partial charge in [-0.3, -0.25) is 0 Å². The van der Waals surface area contributed by atoms with Crippen LogP contribution < -0.4 is 10.1 Å². The number of aromatic nitrogens is 4. The van der Waals surface area contributed by atoms with E-state index in [4.69, 9.17) is 4.74 Å². The number of hydrogen-bond acceptors (Lipinski definition) is 6. The summed E-state index contributed by atoms with van der Waals surface area (Å²) in [6.45, 7) is 1.96. The summed E-state index contributed by atoms with van der Waals surface area (Å²) in [5.74, 6) is 0.823. The normalized spacial score (nSPS) is 20.9. The van der Waals surface area contributed by atoms with Crippen molar-refractivity contribution in [2.75, 3.05) is 32.6 Å². The minimum Gasteiger partial charge on any atom is -0.495 e. The highest BCUT2D eigenvalue weighted by Gasteiger charge is 2.66. The first-order valence-corrected chi connectivity index (χ1v) is 10.2. The van der Waals surface area contributed by atoms with E-state index < -0.39 is 11.6 Å². The Morgan fingerprint density at radius 3 is 2.71 bits per heavy atom. The van der Waals surface area contributed by atoms with Gasteiger partial charge in [-0.1, -0.05) is 6.07 Å². The molecule has 2 fully saturated rings. The van der Waals surface area contributed by atoms with Crippen molar-refractivity contribution in [1.29, 1.82) is 0 Å². The van der Waals surface area contributed by atoms with Crippen molar-refractivity contribution in [1.82, 2.24) is 24.5 Å². The number of halogens is 3. The van der Waals surface area contributed by atoms with Crippen molar-refractivity contribution < 1.29 is 17.9 Å². The van der Waals surface area contributed by atoms with E-state index in [0.29, 0.717) is 23.1 Å². The maximum Gasteiger partial charge on any atom is 0.400 e. The molecule has 1 saturated carbocycles. The number of likely N-dealkylation sites (N-methyl/N-ethyl adjacent to an activating group) is 1. The molecule has 2 aliphatic rings. The van der Waals surface area contributed by atoms with Gasteiger partial charge in [-0.15, -0.1) is 0 Å². The molecule has 164 valence electrons. The van der Waals surface area contributed by atoms with Crippen LogP contribution in [-0.2, 0) is 5.41 Å². The molecule has 3 aromatic rings. The predicted molar refractivity (Wildman–Crippen MR) is 109 cm³/mol. The number of ether oxygens (including phenoxy) is 1. The molecule has 0 spiro atoms. The topological polar surface area (TPSA) is 67.6 Å². The maximum absolute atomic E-state index is 13.8. The van der Waals surface area contributed by atoms with Crippen molar-refractivity contribution >= 4 is 11.5 Å². The van der Waals surface area contributed by atoms with Gasteiger partial charge in [0.25, 0.3) is 0 Å². The Morgan fingerprint density at radius 1 is 1.26 bits per heavy atom. The van der Waals surface area contributed by atoms with Crippen molar-refractivity contribution in [2.24, 2.45) is 0 Å². The average Bonchev–Trinajstić information content (AvgIpc) is 3.31. The molecule has 31 heavy (non-hydrogen) atoms. The van der Waals surface area contributed by atoms with E-state index in [9.17, 15) is 13.2 Å². The Labute approximate surface area is 177 Å². The number of alkyl halides is 3. The number of pyridine rings is 1. The van der Waals surface area contributed by atoms with Gasteiger partial charge in [0, 0.05) is 18.7 Å². The largest absolute Gasteiger partial charge is 0.495 e. The molecule has 0 aromatic carbocycles. The van der Waals surface area contributed by atoms with Gasteiger partial charge in [0.15, 0.2) is 5.65 Å². The number of likely N-dealkylation sites (tertiary alicyclic amines) is 1. The number of nitrogens with zero attached hydrogens (tertiary/aromatic N) is 5. The molecular formula is C21H23F3N6O. The summed E-state index contributed by atoms with van der Waals surface area (Å²) in [5.41, 5.74) is -0.531. The van der Waals surface area contributed by atoms with Gasteiger partial charge < -0.3 is 15.0 Å². The highest BCUT2D eigenvalue weighted by atomic mass is 19.4. The van der Waals surface area contributed by atoms with E-state index in [0.717, 1.165) is 25.3 Å². The van der Waals surface area contributed by atoms with E-state index in [1.807, 2.05) is 12.1 Å². The number of hydrogen-bond donors (Lipinski definition) is 1. The summed E-state index contributed by atoms with van der Waals surface area (Å²) in [4.78, 5) is 11.2. The Morgan fingerprint density at radius 2 is 2.06 bits per heavy atom. The quantitative estimate of drug-likeness (QED) is 0.666. The van der Waals surface area contributed by atoms with E-state index >= 15 is 0 Å². The molecule has 3 aromatic heterocycles. The number of methoxy groups -OCH3 is 1. The molecule has 1 saturated heterocycles. The number of anilines is 1. The van der Waals surface area contributed by atoms with Crippen molar-refractivity contribution in [2.45, 2.75) is 36.9 Å². The van der Waals surface area contributed by atoms with Crippen LogP contribution in [0.1, 0.15) is 25.0 Å². The number of fused-ring (bicyclic) bond motifs is 1. The summed E-state index contributed by atoms with van der Waals surface area (Å²) < 4.78 is 48.0. The lowest BCUT2D eigenvalue weighted by Gasteiger charge is -2.21. The van der Waals surface area contributed by atoms with Crippen LogP contribution in [-0.4, -0.2) is 63.9 Å². The second-order valence-corrected chi connectivity index (χ2v) is 8.35. The number of imidazole rings is 1. The first-order chi connectivity index (χ1) is 14.8. The Kier molecular flexibility index (Phi) is 4.58. The van der Waals surface area contributed by atoms with E-state index in [-0.39, 0.29) is 24.3 Å². The average molecular weight is 432 g/mol. The van der Waals surface area contributed by atoms with E-state index in [2.05, 4.69) is 32.3 Å². The highest BCUT2D eigenvalue weighted by Crippen LogP contribution is 2.60. The molecule has 1 N–H and O–H groups in total. The Bertz CT molecular complexity index is 1120. The third kappa shape index (κ3) is 3.38. The number of rotatable bonds is 5. The lowest BCUT2D eigenvalue weighted by atomic mass is 10.0. The van der Waals surface area contributed by atoms with Gasteiger partial charge in [0.1, 0.15) is 28.4 Å². The number of nitrogens with one attached hydrogen (secondary N) is 1. The van der Waals surface area contributed by atoms with Crippen LogP contribution >= 0.6 is 0 Å². The van der Waals surface area contributed by atoms with Gasteiger partial charge in [-0.2, -0.15) is 18.3 Å². The summed E-state index contributed by atoms with van der Waals surface area (Å²) in [6.07, 6.45) is -1.78. The molecule has 1 aliphatic carbocycles. The SMILES string of the molecule is COc1cc2ncc(-c3cccc(NC4CCN(C)C4)n3)n2nc1C1(C(F)(F)F)CC1. The van der Waals surface area contributed by atoms with Crippen molar-refractivity contribution in [3.8, 4) is 17.1 Å². The van der Waals surface area contributed by atoms with Gasteiger partial charge >= 0.3 is 6.18 Å². The molecule has 10 heteroatoms. The highest BCUT2D eigenvalue weighted by molar-refractivity contribution is 5.63. The molecule has 4 heterocycles. The monoisotopic (exact) mass is 432 g/mol. The van der Waals surface area contributed by atoms with Crippen LogP contribution in [0.5, 0.6) is 5.75 Å². The van der Waals surface area contributed by atoms with Gasteiger partial charge in [-0.05, 0) is 45.0 Å². The van der Waals surface area contributed by atoms with Gasteiger partial charge in [0.2, 0.25) is 0 Å². The zero-order valence-corrected chi connectivity index (χ0v) is 17.3. The molecule has 1 unspecified atom stereocenters. The van der Waals surface area contributed by atoms with E-state index in [1.54, 1.807) is 12.3 Å². The van der Waals surface area contributed by atoms with Crippen molar-refractivity contribution in [3.63, 3.8) is 0 Å². The fourth-order valence-electron chi connectivity index (χ4n) is 4.26. The smallest absolute Gasteiger partial charge is 0.400 e. The molecular weight excluding hydrogens is 409 g/mol. The summed E-state index contributed by atoms with van der Waals surface area (Å²) in [5, 5.41) is 7.80. The van der Waals surface area contributed by atoms with Gasteiger partial charge in [-0.25, -0.2) is 14.5 Å². The third-order valence-corrected chi connectivity index (χ3v) is 6.18. The first kappa shape index (κ1) is 20.0. The standard InChI is InChI=1S/C21H23F3N6O/c1-29-9-6-13(12-29)26-17-5-3-4-14(27-17)15-11-25-18-10-16(31-2)19(28-30(15)18)20(7-8-20)21(22,23)24/h3-5,10-11,13H,6-9,12H2,1-2H3,(H,26,27). The second-order valence-electron chi connectivity index (χ2n) is 8.35. The minimum absolute atomic E-state index is 0.00286. The van der Waals surface area contributed by atoms with Crippen LogP contribution in [0.25, 0.3) is 17.0 Å². The van der Waals surface area contributed by atoms with Crippen LogP contribution in [0.15, 0.2) is 30.5 Å². The predicted octanol–water partition coefficient (Wildman–Crippen LogP) is 3.51. The lowest BCUT2D eigenvalue weighted by molar-refractivity contribution is -0.162. The van der Waals surface area contributed by atoms with Crippen LogP contribution in [0, 0.1) is 0 Å². The molecule has 1 atom stereocenters. The lowest BCUT2D eigenvalue weighted by Crippen LogP contribution is -2.30. The molecule has 0 amide bonds. The molecule has 7 nitrogen and oxygen atoms in total. The minimum atomic E-state index is -4.39. The second kappa shape index (κ2) is 7.08. The van der Waals surface area contributed by atoms with Crippen LogP contribution in [0.4, 0.5) is 19.0 Å². The fourth-order valence-corrected chi connectivity index (χ4v) is 4.26. The fraction of sp³-hybridized carbons (Fsp3) is 0.476. The van der Waals surface area contributed by atoms with Crippen LogP contribution in [0.3, 0.4) is 0 Å². The summed E-state index contributed by atoms with van der Waals surface area (Å²) in [6, 6.07) is 7.37. The molecule has 0 bridgehead atoms. The van der Waals surface area contributed by atoms with E-state index in [1.165, 1.54) is 17.7 Å². The third-order valence-electron chi connectivity index (χ3n) is 6.18. The summed E-state index contributed by atoms with van der Waals surface area (Å²) in [7, 11) is 3.43. The molecule has 5 rings (SSSR count). The maximum atomic E-state index is 13.8. The summed E-state index contributed by atoms with van der Waals surface area (Å²) >= 11 is 0. The van der Waals surface area contributed by atoms with Gasteiger partial charge in [0.05, 0.1) is 19.0 Å². The zero-order valence-electron chi connectivity index (χ0n) is 17.3. The molecule has 1 aliphatic heterocycles. The molecule has 0 radical (unpaired) electrons. The van der Waals surface area contributed by atoms with Crippen LogP contribution in [0.2, 0.25) is 0 Å². The Hall–Kier alpha value is -2.88. The zero-order chi connectivity index (χ0) is 21.8. The Balaban J connectivity index is 1.54. The van der Waals surface area contributed by atoms with Crippen molar-refractivity contribution in [3.05, 3.63) is 36.2 Å². The first-order valence-electron chi connectivity index (χ1n) is 10.2.